The van der Waals surface area contributed by atoms with Crippen LogP contribution in [0.15, 0.2) is 24.3 Å². The molecule has 1 saturated heterocycles. The number of nitrogens with zero attached hydrogens (tertiary/aromatic N) is 1. The summed E-state index contributed by atoms with van der Waals surface area (Å²) in [6, 6.07) is 7.64. The number of benzene rings is 1. The van der Waals surface area contributed by atoms with Gasteiger partial charge < -0.3 is 20.3 Å². The number of rotatable bonds is 4. The molecule has 0 aliphatic carbocycles. The van der Waals surface area contributed by atoms with E-state index in [9.17, 15) is 14.4 Å². The van der Waals surface area contributed by atoms with Crippen molar-refractivity contribution in [3.8, 4) is 0 Å². The quantitative estimate of drug-likeness (QED) is 0.805. The first-order chi connectivity index (χ1) is 12.0. The summed E-state index contributed by atoms with van der Waals surface area (Å²) in [6.45, 7) is 5.41. The second-order valence-corrected chi connectivity index (χ2v) is 6.11. The first-order valence-corrected chi connectivity index (χ1v) is 8.55. The molecule has 0 unspecified atom stereocenters. The summed E-state index contributed by atoms with van der Waals surface area (Å²) in [7, 11) is 0. The van der Waals surface area contributed by atoms with Crippen molar-refractivity contribution in [1.29, 1.82) is 0 Å². The summed E-state index contributed by atoms with van der Waals surface area (Å²) in [5.74, 6) is -1.28. The summed E-state index contributed by atoms with van der Waals surface area (Å²) in [6.07, 6.45) is 0.883. The molecule has 0 saturated carbocycles. The van der Waals surface area contributed by atoms with Gasteiger partial charge in [0.2, 0.25) is 0 Å². The topological polar surface area (TPSA) is 87.7 Å². The molecule has 3 amide bonds. The first kappa shape index (κ1) is 18.8. The van der Waals surface area contributed by atoms with E-state index in [1.807, 2.05) is 31.2 Å². The van der Waals surface area contributed by atoms with Crippen LogP contribution in [-0.2, 0) is 20.9 Å². The number of nitrogens with one attached hydrogen (secondary N) is 2. The third-order valence-electron chi connectivity index (χ3n) is 4.10. The molecular formula is C18H25N3O4. The lowest BCUT2D eigenvalue weighted by Gasteiger charge is -2.31. The Balaban J connectivity index is 1.73. The van der Waals surface area contributed by atoms with Gasteiger partial charge in [-0.1, -0.05) is 29.8 Å². The number of hydrogen-bond donors (Lipinski definition) is 2. The fraction of sp³-hybridized carbons (Fsp3) is 0.500. The minimum Gasteiger partial charge on any atom is -0.450 e. The van der Waals surface area contributed by atoms with E-state index < -0.39 is 11.8 Å². The molecule has 1 fully saturated rings. The van der Waals surface area contributed by atoms with E-state index in [1.165, 1.54) is 0 Å². The highest BCUT2D eigenvalue weighted by Gasteiger charge is 2.26. The molecule has 0 bridgehead atoms. The molecular weight excluding hydrogens is 322 g/mol. The molecule has 2 rings (SSSR count). The second kappa shape index (κ2) is 9.05. The Labute approximate surface area is 147 Å². The van der Waals surface area contributed by atoms with Gasteiger partial charge in [0.25, 0.3) is 0 Å². The fourth-order valence-electron chi connectivity index (χ4n) is 2.76. The van der Waals surface area contributed by atoms with E-state index in [2.05, 4.69) is 10.6 Å². The summed E-state index contributed by atoms with van der Waals surface area (Å²) in [5, 5.41) is 5.35. The number of likely N-dealkylation sites (tertiary alicyclic amines) is 1. The summed E-state index contributed by atoms with van der Waals surface area (Å²) in [5.41, 5.74) is 2.05. The number of ether oxygens (including phenoxy) is 1. The maximum absolute atomic E-state index is 12.0. The average Bonchev–Trinajstić information content (AvgIpc) is 2.60. The molecule has 25 heavy (non-hydrogen) atoms. The molecule has 136 valence electrons. The van der Waals surface area contributed by atoms with Crippen LogP contribution in [0.3, 0.4) is 0 Å². The van der Waals surface area contributed by atoms with Gasteiger partial charge >= 0.3 is 17.9 Å². The third-order valence-corrected chi connectivity index (χ3v) is 4.10. The van der Waals surface area contributed by atoms with Crippen LogP contribution in [0.2, 0.25) is 0 Å². The zero-order chi connectivity index (χ0) is 18.2. The zero-order valence-corrected chi connectivity index (χ0v) is 14.7. The molecule has 7 heteroatoms. The summed E-state index contributed by atoms with van der Waals surface area (Å²) < 4.78 is 4.95. The minimum absolute atomic E-state index is 0.108. The van der Waals surface area contributed by atoms with Crippen molar-refractivity contribution in [2.45, 2.75) is 39.3 Å². The predicted molar refractivity (Wildman–Crippen MR) is 92.8 cm³/mol. The number of hydrogen-bond acceptors (Lipinski definition) is 4. The minimum atomic E-state index is -0.644. The molecule has 2 N–H and O–H groups in total. The lowest BCUT2D eigenvalue weighted by molar-refractivity contribution is -0.139. The molecule has 0 aromatic heterocycles. The van der Waals surface area contributed by atoms with Crippen LogP contribution in [0.4, 0.5) is 4.79 Å². The molecule has 0 radical (unpaired) electrons. The normalized spacial score (nSPS) is 14.7. The molecule has 0 spiro atoms. The Morgan fingerprint density at radius 2 is 1.92 bits per heavy atom. The Bertz CT molecular complexity index is 625. The van der Waals surface area contributed by atoms with Crippen LogP contribution in [0.5, 0.6) is 0 Å². The van der Waals surface area contributed by atoms with Gasteiger partial charge in [0.1, 0.15) is 0 Å². The van der Waals surface area contributed by atoms with Crippen LogP contribution in [0.1, 0.15) is 30.9 Å². The van der Waals surface area contributed by atoms with E-state index in [1.54, 1.807) is 11.8 Å². The lowest BCUT2D eigenvalue weighted by Crippen LogP contribution is -2.50. The van der Waals surface area contributed by atoms with Gasteiger partial charge in [-0.3, -0.25) is 9.59 Å². The molecule has 1 aromatic rings. The average molecular weight is 347 g/mol. The molecule has 7 nitrogen and oxygen atoms in total. The molecule has 1 aliphatic rings. The van der Waals surface area contributed by atoms with Gasteiger partial charge in [0.05, 0.1) is 6.61 Å². The monoisotopic (exact) mass is 347 g/mol. The van der Waals surface area contributed by atoms with Crippen molar-refractivity contribution >= 4 is 17.9 Å². The van der Waals surface area contributed by atoms with E-state index in [-0.39, 0.29) is 12.1 Å². The van der Waals surface area contributed by atoms with E-state index in [0.717, 1.165) is 11.1 Å². The fourth-order valence-corrected chi connectivity index (χ4v) is 2.76. The van der Waals surface area contributed by atoms with Crippen LogP contribution in [0.25, 0.3) is 0 Å². The van der Waals surface area contributed by atoms with Crippen molar-refractivity contribution < 1.29 is 19.1 Å². The van der Waals surface area contributed by atoms with Crippen molar-refractivity contribution in [1.82, 2.24) is 15.5 Å². The summed E-state index contributed by atoms with van der Waals surface area (Å²) >= 11 is 0. The molecule has 1 aromatic carbocycles. The first-order valence-electron chi connectivity index (χ1n) is 8.55. The Hall–Kier alpha value is -2.57. The largest absolute Gasteiger partial charge is 0.450 e. The third kappa shape index (κ3) is 5.77. The van der Waals surface area contributed by atoms with Crippen LogP contribution in [-0.4, -0.2) is 48.5 Å². The number of piperidine rings is 1. The van der Waals surface area contributed by atoms with Gasteiger partial charge in [-0.2, -0.15) is 0 Å². The van der Waals surface area contributed by atoms with Crippen molar-refractivity contribution in [2.75, 3.05) is 19.7 Å². The predicted octanol–water partition coefficient (Wildman–Crippen LogP) is 1.35. The Kier molecular flexibility index (Phi) is 6.80. The van der Waals surface area contributed by atoms with Crippen LogP contribution < -0.4 is 10.6 Å². The number of aryl methyl sites for hydroxylation is 1. The van der Waals surface area contributed by atoms with Gasteiger partial charge in [0.15, 0.2) is 0 Å². The number of amides is 3. The Morgan fingerprint density at radius 3 is 2.56 bits per heavy atom. The van der Waals surface area contributed by atoms with E-state index >= 15 is 0 Å². The maximum atomic E-state index is 12.0. The maximum Gasteiger partial charge on any atom is 0.409 e. The Morgan fingerprint density at radius 1 is 1.20 bits per heavy atom. The van der Waals surface area contributed by atoms with E-state index in [4.69, 9.17) is 4.74 Å². The standard InChI is InChI=1S/C18H25N3O4/c1-3-25-18(24)21-9-7-15(8-10-21)20-17(23)16(22)19-12-14-6-4-5-13(2)11-14/h4-6,11,15H,3,7-10,12H2,1-2H3,(H,19,22)(H,20,23). The van der Waals surface area contributed by atoms with E-state index in [0.29, 0.717) is 39.1 Å². The van der Waals surface area contributed by atoms with Crippen molar-refractivity contribution in [3.05, 3.63) is 35.4 Å². The second-order valence-electron chi connectivity index (χ2n) is 6.11. The highest BCUT2D eigenvalue weighted by atomic mass is 16.6. The van der Waals surface area contributed by atoms with Crippen molar-refractivity contribution in [2.24, 2.45) is 0 Å². The zero-order valence-electron chi connectivity index (χ0n) is 14.7. The number of carbonyl (C=O) groups excluding carboxylic acids is 3. The number of carbonyl (C=O) groups is 3. The molecule has 1 aliphatic heterocycles. The highest BCUT2D eigenvalue weighted by Crippen LogP contribution is 2.11. The molecule has 0 atom stereocenters. The molecule has 1 heterocycles. The van der Waals surface area contributed by atoms with Crippen molar-refractivity contribution in [3.63, 3.8) is 0 Å². The highest BCUT2D eigenvalue weighted by molar-refractivity contribution is 6.35. The van der Waals surface area contributed by atoms with Gasteiger partial charge in [0, 0.05) is 25.7 Å². The van der Waals surface area contributed by atoms with Gasteiger partial charge in [-0.25, -0.2) is 4.79 Å². The van der Waals surface area contributed by atoms with Gasteiger partial charge in [-0.05, 0) is 32.3 Å². The lowest BCUT2D eigenvalue weighted by atomic mass is 10.1. The summed E-state index contributed by atoms with van der Waals surface area (Å²) in [4.78, 5) is 37.2. The smallest absolute Gasteiger partial charge is 0.409 e. The van der Waals surface area contributed by atoms with Crippen LogP contribution in [0, 0.1) is 6.92 Å². The SMILES string of the molecule is CCOC(=O)N1CCC(NC(=O)C(=O)NCc2cccc(C)c2)CC1. The van der Waals surface area contributed by atoms with Gasteiger partial charge in [-0.15, -0.1) is 0 Å². The van der Waals surface area contributed by atoms with Crippen LogP contribution >= 0.6 is 0 Å².